The summed E-state index contributed by atoms with van der Waals surface area (Å²) in [5.74, 6) is 0.725. The van der Waals surface area contributed by atoms with E-state index in [0.29, 0.717) is 0 Å². The van der Waals surface area contributed by atoms with Crippen LogP contribution in [-0.4, -0.2) is 9.97 Å². The third kappa shape index (κ3) is 4.40. The molecule has 1 aliphatic rings. The normalized spacial score (nSPS) is 13.1. The summed E-state index contributed by atoms with van der Waals surface area (Å²) >= 11 is 0. The molecule has 47 heavy (non-hydrogen) atoms. The monoisotopic (exact) mass is 600 g/mol. The van der Waals surface area contributed by atoms with E-state index < -0.39 is 0 Å². The Morgan fingerprint density at radius 1 is 0.404 bits per heavy atom. The van der Waals surface area contributed by atoms with Crippen LogP contribution in [-0.2, 0) is 5.41 Å². The van der Waals surface area contributed by atoms with Crippen LogP contribution in [0.2, 0.25) is 0 Å². The van der Waals surface area contributed by atoms with Gasteiger partial charge in [-0.25, -0.2) is 9.97 Å². The molecule has 1 aliphatic carbocycles. The predicted molar refractivity (Wildman–Crippen MR) is 196 cm³/mol. The molecule has 0 amide bonds. The largest absolute Gasteiger partial charge is 0.228 e. The smallest absolute Gasteiger partial charge is 0.160 e. The summed E-state index contributed by atoms with van der Waals surface area (Å²) in [6, 6.07) is 56.4. The van der Waals surface area contributed by atoms with Crippen LogP contribution >= 0.6 is 0 Å². The molecular weight excluding hydrogens is 569 g/mol. The van der Waals surface area contributed by atoms with Crippen LogP contribution in [0.25, 0.3) is 77.7 Å². The quantitative estimate of drug-likeness (QED) is 0.201. The molecular formula is C45H32N2. The maximum absolute atomic E-state index is 5.15. The van der Waals surface area contributed by atoms with Crippen molar-refractivity contribution in [1.29, 1.82) is 0 Å². The van der Waals surface area contributed by atoms with Gasteiger partial charge in [-0.1, -0.05) is 159 Å². The van der Waals surface area contributed by atoms with Crippen LogP contribution < -0.4 is 0 Å². The van der Waals surface area contributed by atoms with Gasteiger partial charge in [0, 0.05) is 22.1 Å². The number of nitrogens with zero attached hydrogens (tertiary/aromatic N) is 2. The van der Waals surface area contributed by atoms with Gasteiger partial charge in [0.25, 0.3) is 0 Å². The predicted octanol–water partition coefficient (Wildman–Crippen LogP) is 11.8. The minimum Gasteiger partial charge on any atom is -0.228 e. The fourth-order valence-electron chi connectivity index (χ4n) is 7.62. The number of rotatable bonds is 4. The number of fused-ring (bicyclic) bond motifs is 6. The van der Waals surface area contributed by atoms with Crippen molar-refractivity contribution in [2.45, 2.75) is 19.3 Å². The lowest BCUT2D eigenvalue weighted by atomic mass is 9.80. The summed E-state index contributed by atoms with van der Waals surface area (Å²) in [6.45, 7) is 4.73. The van der Waals surface area contributed by atoms with Gasteiger partial charge in [-0.15, -0.1) is 0 Å². The molecule has 2 nitrogen and oxygen atoms in total. The van der Waals surface area contributed by atoms with Gasteiger partial charge in [-0.3, -0.25) is 0 Å². The SMILES string of the molecule is CC1(C)c2ccc(-c3ccc(-c4cc(-c5ccccc5)nc(-c5ccccc5)n4)c4ccccc34)cc2-c2ccc3ccccc3c21. The van der Waals surface area contributed by atoms with Crippen molar-refractivity contribution in [1.82, 2.24) is 9.97 Å². The Hall–Kier alpha value is -5.86. The molecule has 222 valence electrons. The van der Waals surface area contributed by atoms with E-state index in [1.807, 2.05) is 24.3 Å². The minimum atomic E-state index is -0.0735. The van der Waals surface area contributed by atoms with E-state index in [1.165, 1.54) is 54.9 Å². The highest BCUT2D eigenvalue weighted by atomic mass is 14.9. The van der Waals surface area contributed by atoms with Crippen LogP contribution in [0.15, 0.2) is 158 Å². The van der Waals surface area contributed by atoms with Crippen molar-refractivity contribution < 1.29 is 0 Å². The molecule has 0 N–H and O–H groups in total. The summed E-state index contributed by atoms with van der Waals surface area (Å²) < 4.78 is 0. The molecule has 1 heterocycles. The maximum atomic E-state index is 5.15. The van der Waals surface area contributed by atoms with Crippen LogP contribution in [0.1, 0.15) is 25.0 Å². The van der Waals surface area contributed by atoms with E-state index in [1.54, 1.807) is 0 Å². The third-order valence-electron chi connectivity index (χ3n) is 9.88. The molecule has 0 radical (unpaired) electrons. The van der Waals surface area contributed by atoms with Crippen molar-refractivity contribution in [3.63, 3.8) is 0 Å². The fraction of sp³-hybridized carbons (Fsp3) is 0.0667. The summed E-state index contributed by atoms with van der Waals surface area (Å²) in [4.78, 5) is 10.2. The van der Waals surface area contributed by atoms with E-state index >= 15 is 0 Å². The minimum absolute atomic E-state index is 0.0735. The summed E-state index contributed by atoms with van der Waals surface area (Å²) in [7, 11) is 0. The van der Waals surface area contributed by atoms with Crippen LogP contribution in [0.4, 0.5) is 0 Å². The number of benzene rings is 7. The Morgan fingerprint density at radius 2 is 1.00 bits per heavy atom. The zero-order chi connectivity index (χ0) is 31.5. The first-order valence-corrected chi connectivity index (χ1v) is 16.3. The van der Waals surface area contributed by atoms with Gasteiger partial charge in [0.15, 0.2) is 5.82 Å². The zero-order valence-corrected chi connectivity index (χ0v) is 26.4. The second-order valence-corrected chi connectivity index (χ2v) is 13.0. The molecule has 0 saturated heterocycles. The Morgan fingerprint density at radius 3 is 1.77 bits per heavy atom. The van der Waals surface area contributed by atoms with Crippen LogP contribution in [0, 0.1) is 0 Å². The lowest BCUT2D eigenvalue weighted by molar-refractivity contribution is 0.666. The highest BCUT2D eigenvalue weighted by molar-refractivity contribution is 6.06. The molecule has 0 unspecified atom stereocenters. The van der Waals surface area contributed by atoms with Gasteiger partial charge in [-0.2, -0.15) is 0 Å². The molecule has 7 aromatic carbocycles. The van der Waals surface area contributed by atoms with Gasteiger partial charge in [-0.05, 0) is 67.1 Å². The first kappa shape index (κ1) is 27.5. The Kier molecular flexibility index (Phi) is 6.20. The lowest BCUT2D eigenvalue weighted by Gasteiger charge is -2.23. The van der Waals surface area contributed by atoms with E-state index in [2.05, 4.69) is 147 Å². The standard InChI is InChI=1S/C45H32N2/c1-45(2)40-26-22-32(27-39(40)38-23-21-29-13-9-10-18-34(29)43(38)45)33-24-25-37(36-20-12-11-19-35(33)36)42-28-41(30-14-5-3-6-15-30)46-44(47-42)31-16-7-4-8-17-31/h3-28H,1-2H3. The lowest BCUT2D eigenvalue weighted by Crippen LogP contribution is -2.15. The van der Waals surface area contributed by atoms with Crippen molar-refractivity contribution in [2.24, 2.45) is 0 Å². The maximum Gasteiger partial charge on any atom is 0.160 e. The van der Waals surface area contributed by atoms with Gasteiger partial charge >= 0.3 is 0 Å². The molecule has 0 aliphatic heterocycles. The summed E-state index contributed by atoms with van der Waals surface area (Å²) in [5, 5.41) is 5.03. The third-order valence-corrected chi connectivity index (χ3v) is 9.88. The van der Waals surface area contributed by atoms with Gasteiger partial charge < -0.3 is 0 Å². The van der Waals surface area contributed by atoms with Gasteiger partial charge in [0.05, 0.1) is 11.4 Å². The van der Waals surface area contributed by atoms with Crippen molar-refractivity contribution in [3.05, 3.63) is 169 Å². The number of hydrogen-bond acceptors (Lipinski definition) is 2. The van der Waals surface area contributed by atoms with Gasteiger partial charge in [0.2, 0.25) is 0 Å². The Balaban J connectivity index is 1.22. The van der Waals surface area contributed by atoms with E-state index in [0.717, 1.165) is 33.9 Å². The molecule has 0 atom stereocenters. The van der Waals surface area contributed by atoms with Crippen molar-refractivity contribution in [3.8, 4) is 56.2 Å². The Bertz CT molecular complexity index is 2420. The van der Waals surface area contributed by atoms with E-state index in [4.69, 9.17) is 9.97 Å². The molecule has 0 spiro atoms. The molecule has 0 bridgehead atoms. The molecule has 0 fully saturated rings. The molecule has 8 aromatic rings. The molecule has 9 rings (SSSR count). The molecule has 1 aromatic heterocycles. The molecule has 0 saturated carbocycles. The number of aromatic nitrogens is 2. The average molecular weight is 601 g/mol. The first-order chi connectivity index (χ1) is 23.1. The van der Waals surface area contributed by atoms with Gasteiger partial charge in [0.1, 0.15) is 0 Å². The second kappa shape index (κ2) is 10.6. The highest BCUT2D eigenvalue weighted by Crippen LogP contribution is 2.52. The van der Waals surface area contributed by atoms with Crippen molar-refractivity contribution in [2.75, 3.05) is 0 Å². The summed E-state index contributed by atoms with van der Waals surface area (Å²) in [6.07, 6.45) is 0. The second-order valence-electron chi connectivity index (χ2n) is 13.0. The van der Waals surface area contributed by atoms with Crippen LogP contribution in [0.5, 0.6) is 0 Å². The topological polar surface area (TPSA) is 25.8 Å². The average Bonchev–Trinajstić information content (AvgIpc) is 3.37. The first-order valence-electron chi connectivity index (χ1n) is 16.3. The van der Waals surface area contributed by atoms with Crippen LogP contribution in [0.3, 0.4) is 0 Å². The zero-order valence-electron chi connectivity index (χ0n) is 26.4. The van der Waals surface area contributed by atoms with E-state index in [-0.39, 0.29) is 5.41 Å². The summed E-state index contributed by atoms with van der Waals surface area (Å²) in [5.41, 5.74) is 12.9. The fourth-order valence-corrected chi connectivity index (χ4v) is 7.62. The highest BCUT2D eigenvalue weighted by Gasteiger charge is 2.37. The van der Waals surface area contributed by atoms with E-state index in [9.17, 15) is 0 Å². The van der Waals surface area contributed by atoms with Crippen molar-refractivity contribution >= 4 is 21.5 Å². The Labute approximate surface area is 275 Å². The number of hydrogen-bond donors (Lipinski definition) is 0. The molecule has 2 heteroatoms.